The summed E-state index contributed by atoms with van der Waals surface area (Å²) in [6, 6.07) is 0.0415. The average molecular weight is 320 g/mol. The highest BCUT2D eigenvalue weighted by Crippen LogP contribution is 2.22. The Morgan fingerprint density at radius 3 is 3.00 bits per heavy atom. The maximum atomic E-state index is 7.44. The lowest BCUT2D eigenvalue weighted by Gasteiger charge is -1.93. The van der Waals surface area contributed by atoms with E-state index in [0.29, 0.717) is 8.04 Å². The van der Waals surface area contributed by atoms with Crippen molar-refractivity contribution in [2.75, 3.05) is 0 Å². The third-order valence-electron chi connectivity index (χ3n) is 0.694. The molecule has 3 heteroatoms. The first kappa shape index (κ1) is 4.57. The fourth-order valence-corrected chi connectivity index (χ4v) is 1.17. The minimum Gasteiger partial charge on any atom is -0.0843 e. The van der Waals surface area contributed by atoms with Gasteiger partial charge in [0.25, 0.3) is 0 Å². The number of hydrogen-bond donors (Lipinski definition) is 0. The van der Waals surface area contributed by atoms with Gasteiger partial charge in [0.2, 0.25) is 0 Å². The van der Waals surface area contributed by atoms with Crippen molar-refractivity contribution in [2.24, 2.45) is 0 Å². The van der Waals surface area contributed by atoms with Crippen molar-refractivity contribution in [3.63, 3.8) is 0 Å². The topological polar surface area (TPSA) is 0 Å². The molecule has 0 fully saturated rings. The summed E-state index contributed by atoms with van der Waals surface area (Å²) in [5.74, 6) is 0. The normalized spacial score (nSPS) is 14.3. The van der Waals surface area contributed by atoms with E-state index in [1.54, 1.807) is 0 Å². The molecule has 1 aromatic carbocycles. The van der Waals surface area contributed by atoms with Crippen LogP contribution in [-0.2, 0) is 0 Å². The Morgan fingerprint density at radius 2 is 2.33 bits per heavy atom. The van der Waals surface area contributed by atoms with Crippen molar-refractivity contribution in [2.45, 2.75) is 0 Å². The molecule has 9 heavy (non-hydrogen) atoms. The molecule has 0 aliphatic carbocycles. The maximum absolute atomic E-state index is 7.44. The second-order valence-electron chi connectivity index (χ2n) is 1.32. The summed E-state index contributed by atoms with van der Waals surface area (Å²) < 4.78 is 23.3. The molecular formula is C6H3BrClI. The van der Waals surface area contributed by atoms with Gasteiger partial charge in [-0.2, -0.15) is 0 Å². The largest absolute Gasteiger partial charge is 0.0843 e. The Bertz CT molecular complexity index is 237. The molecule has 0 spiro atoms. The van der Waals surface area contributed by atoms with Crippen LogP contribution in [0.3, 0.4) is 0 Å². The van der Waals surface area contributed by atoms with Gasteiger partial charge in [-0.05, 0) is 56.6 Å². The molecule has 48 valence electrons. The molecule has 0 saturated heterocycles. The van der Waals surface area contributed by atoms with Gasteiger partial charge in [-0.3, -0.25) is 0 Å². The highest BCUT2D eigenvalue weighted by molar-refractivity contribution is 14.1. The van der Waals surface area contributed by atoms with E-state index in [2.05, 4.69) is 15.9 Å². The van der Waals surface area contributed by atoms with Gasteiger partial charge in [-0.25, -0.2) is 0 Å². The van der Waals surface area contributed by atoms with Crippen LogP contribution in [0.15, 0.2) is 22.6 Å². The van der Waals surface area contributed by atoms with Crippen LogP contribution < -0.4 is 0 Å². The smallest absolute Gasteiger partial charge is 0.0651 e. The van der Waals surface area contributed by atoms with Crippen molar-refractivity contribution in [3.05, 3.63) is 31.2 Å². The predicted octanol–water partition coefficient (Wildman–Crippen LogP) is 3.71. The first-order valence-electron chi connectivity index (χ1n) is 3.57. The van der Waals surface area contributed by atoms with Crippen LogP contribution >= 0.6 is 50.1 Å². The van der Waals surface area contributed by atoms with Gasteiger partial charge in [0.05, 0.1) is 4.11 Å². The summed E-state index contributed by atoms with van der Waals surface area (Å²) in [5, 5.41) is 0.0206. The molecule has 0 heterocycles. The number of rotatable bonds is 0. The highest BCUT2D eigenvalue weighted by Gasteiger charge is 1.93. The summed E-state index contributed by atoms with van der Waals surface area (Å²) in [5.41, 5.74) is 0. The summed E-state index contributed by atoms with van der Waals surface area (Å²) in [6.07, 6.45) is 0. The molecule has 0 aliphatic rings. The fourth-order valence-electron chi connectivity index (χ4n) is 0.347. The molecule has 0 unspecified atom stereocenters. The van der Waals surface area contributed by atoms with Crippen molar-refractivity contribution < 1.29 is 4.11 Å². The SMILES string of the molecule is [2H]c1c([2H])c(I)c(Br)c([2H])c1Cl. The predicted molar refractivity (Wildman–Crippen MR) is 51.9 cm³/mol. The third-order valence-corrected chi connectivity index (χ3v) is 3.03. The van der Waals surface area contributed by atoms with Crippen molar-refractivity contribution in [3.8, 4) is 0 Å². The van der Waals surface area contributed by atoms with Gasteiger partial charge in [0.1, 0.15) is 0 Å². The quantitative estimate of drug-likeness (QED) is 0.505. The van der Waals surface area contributed by atoms with Crippen LogP contribution in [-0.4, -0.2) is 0 Å². The molecule has 0 amide bonds. The summed E-state index contributed by atoms with van der Waals surface area (Å²) in [6.45, 7) is 0. The lowest BCUT2D eigenvalue weighted by molar-refractivity contribution is 1.59. The second kappa shape index (κ2) is 3.21. The van der Waals surface area contributed by atoms with Gasteiger partial charge in [0.15, 0.2) is 0 Å². The Hall–Kier alpha value is 0.720. The van der Waals surface area contributed by atoms with Gasteiger partial charge < -0.3 is 0 Å². The summed E-state index contributed by atoms with van der Waals surface area (Å²) in [4.78, 5) is 0. The van der Waals surface area contributed by atoms with E-state index in [9.17, 15) is 0 Å². The molecule has 0 saturated carbocycles. The zero-order chi connectivity index (χ0) is 9.46. The van der Waals surface area contributed by atoms with Crippen LogP contribution in [0.1, 0.15) is 4.11 Å². The fraction of sp³-hybridized carbons (Fsp3) is 0. The Morgan fingerprint density at radius 1 is 1.67 bits per heavy atom. The number of hydrogen-bond acceptors (Lipinski definition) is 0. The van der Waals surface area contributed by atoms with E-state index in [-0.39, 0.29) is 23.1 Å². The van der Waals surface area contributed by atoms with Gasteiger partial charge >= 0.3 is 0 Å². The molecule has 0 N–H and O–H groups in total. The van der Waals surface area contributed by atoms with E-state index in [4.69, 9.17) is 15.7 Å². The molecule has 0 radical (unpaired) electrons. The van der Waals surface area contributed by atoms with Gasteiger partial charge in [-0.15, -0.1) is 0 Å². The van der Waals surface area contributed by atoms with E-state index in [0.717, 1.165) is 0 Å². The Labute approximate surface area is 85.1 Å². The Kier molecular flexibility index (Phi) is 1.63. The number of halogens is 3. The van der Waals surface area contributed by atoms with Crippen LogP contribution in [0, 0.1) is 3.57 Å². The van der Waals surface area contributed by atoms with E-state index in [1.807, 2.05) is 22.6 Å². The minimum atomic E-state index is -0.0886. The molecule has 0 aromatic heterocycles. The second-order valence-corrected chi connectivity index (χ2v) is 3.57. The average Bonchev–Trinajstić information content (AvgIpc) is 2.08. The standard InChI is InChI=1S/C6H3BrClI/c7-5-3-4(8)1-2-6(5)9/h1-3H/i1D,2D,3D. The van der Waals surface area contributed by atoms with E-state index < -0.39 is 0 Å². The first-order chi connectivity index (χ1) is 5.46. The zero-order valence-electron chi connectivity index (χ0n) is 7.13. The maximum Gasteiger partial charge on any atom is 0.0651 e. The van der Waals surface area contributed by atoms with Gasteiger partial charge in [0, 0.05) is 13.1 Å². The lowest BCUT2D eigenvalue weighted by Crippen LogP contribution is -1.71. The third kappa shape index (κ3) is 2.09. The molecule has 0 bridgehead atoms. The molecule has 0 atom stereocenters. The summed E-state index contributed by atoms with van der Waals surface area (Å²) in [7, 11) is 0. The van der Waals surface area contributed by atoms with Crippen molar-refractivity contribution in [1.82, 2.24) is 0 Å². The van der Waals surface area contributed by atoms with E-state index in [1.165, 1.54) is 0 Å². The summed E-state index contributed by atoms with van der Waals surface area (Å²) >= 11 is 10.7. The first-order valence-corrected chi connectivity index (χ1v) is 4.32. The van der Waals surface area contributed by atoms with Crippen LogP contribution in [0.2, 0.25) is 5.02 Å². The van der Waals surface area contributed by atoms with Crippen molar-refractivity contribution in [1.29, 1.82) is 0 Å². The van der Waals surface area contributed by atoms with Gasteiger partial charge in [-0.1, -0.05) is 11.6 Å². The monoisotopic (exact) mass is 319 g/mol. The van der Waals surface area contributed by atoms with Crippen molar-refractivity contribution >= 4 is 50.1 Å². The van der Waals surface area contributed by atoms with Crippen LogP contribution in [0.5, 0.6) is 0 Å². The molecule has 0 nitrogen and oxygen atoms in total. The highest BCUT2D eigenvalue weighted by atomic mass is 127. The molecule has 0 aliphatic heterocycles. The van der Waals surface area contributed by atoms with E-state index >= 15 is 0 Å². The number of benzene rings is 1. The van der Waals surface area contributed by atoms with Crippen LogP contribution in [0.4, 0.5) is 0 Å². The molecule has 1 rings (SSSR count). The molecule has 1 aromatic rings. The lowest BCUT2D eigenvalue weighted by atomic mass is 10.4. The minimum absolute atomic E-state index is 0.0206. The van der Waals surface area contributed by atoms with Crippen LogP contribution in [0.25, 0.3) is 0 Å². The molecular weight excluding hydrogens is 314 g/mol. The zero-order valence-corrected chi connectivity index (χ0v) is 8.63. The Balaban J connectivity index is 3.60.